The van der Waals surface area contributed by atoms with Crippen molar-refractivity contribution in [2.75, 3.05) is 18.5 Å². The number of nitrogens with zero attached hydrogens (tertiary/aromatic N) is 3. The minimum atomic E-state index is -0.527. The summed E-state index contributed by atoms with van der Waals surface area (Å²) >= 11 is 1.34. The van der Waals surface area contributed by atoms with E-state index in [1.165, 1.54) is 17.8 Å². The number of nitrogens with one attached hydrogen (secondary N) is 1. The first-order valence-corrected chi connectivity index (χ1v) is 14.1. The van der Waals surface area contributed by atoms with Gasteiger partial charge in [0.2, 0.25) is 11.1 Å². The van der Waals surface area contributed by atoms with Gasteiger partial charge in [-0.3, -0.25) is 0 Å². The van der Waals surface area contributed by atoms with Crippen molar-refractivity contribution in [2.24, 2.45) is 5.92 Å². The van der Waals surface area contributed by atoms with Gasteiger partial charge in [0.25, 0.3) is 0 Å². The summed E-state index contributed by atoms with van der Waals surface area (Å²) in [4.78, 5) is 17.9. The Morgan fingerprint density at radius 3 is 2.63 bits per heavy atom. The number of fused-ring (bicyclic) bond motifs is 1. The number of carbonyl (C=O) groups excluding carboxylic acids is 1. The molecule has 202 valence electrons. The van der Waals surface area contributed by atoms with Crippen LogP contribution in [0.2, 0.25) is 0 Å². The Bertz CT molecular complexity index is 1270. The highest BCUT2D eigenvalue weighted by Crippen LogP contribution is 2.37. The van der Waals surface area contributed by atoms with Gasteiger partial charge in [0.15, 0.2) is 0 Å². The second-order valence-electron chi connectivity index (χ2n) is 9.70. The molecule has 0 saturated heterocycles. The summed E-state index contributed by atoms with van der Waals surface area (Å²) in [5.41, 5.74) is 2.59. The predicted octanol–water partition coefficient (Wildman–Crippen LogP) is 6.77. The topological polar surface area (TPSA) is 78.3 Å². The van der Waals surface area contributed by atoms with Crippen LogP contribution in [0.1, 0.15) is 64.1 Å². The average Bonchev–Trinajstić information content (AvgIpc) is 3.30. The Balaban J connectivity index is 1.61. The zero-order valence-electron chi connectivity index (χ0n) is 22.4. The van der Waals surface area contributed by atoms with E-state index in [0.717, 1.165) is 30.6 Å². The monoisotopic (exact) mass is 538 g/mol. The molecular weight excluding hydrogens is 503 g/mol. The predicted molar refractivity (Wildman–Crippen MR) is 148 cm³/mol. The van der Waals surface area contributed by atoms with Crippen LogP contribution in [0.5, 0.6) is 5.75 Å². The fourth-order valence-electron chi connectivity index (χ4n) is 4.07. The Labute approximate surface area is 227 Å². The summed E-state index contributed by atoms with van der Waals surface area (Å²) in [6.07, 6.45) is 2.70. The van der Waals surface area contributed by atoms with Gasteiger partial charge in [-0.05, 0) is 55.0 Å². The van der Waals surface area contributed by atoms with Gasteiger partial charge >= 0.3 is 5.97 Å². The first kappa shape index (κ1) is 27.7. The molecule has 4 rings (SSSR count). The second-order valence-corrected chi connectivity index (χ2v) is 10.6. The maximum Gasteiger partial charge on any atom is 0.338 e. The highest BCUT2D eigenvalue weighted by molar-refractivity contribution is 7.98. The largest absolute Gasteiger partial charge is 0.494 e. The third-order valence-electron chi connectivity index (χ3n) is 6.26. The van der Waals surface area contributed by atoms with E-state index in [1.807, 2.05) is 37.3 Å². The molecule has 2 heterocycles. The van der Waals surface area contributed by atoms with E-state index in [9.17, 15) is 9.18 Å². The van der Waals surface area contributed by atoms with E-state index in [4.69, 9.17) is 14.6 Å². The number of thioether (sulfide) groups is 1. The van der Waals surface area contributed by atoms with Crippen molar-refractivity contribution in [3.8, 4) is 5.75 Å². The number of anilines is 1. The molecule has 1 N–H and O–H groups in total. The Morgan fingerprint density at radius 1 is 1.16 bits per heavy atom. The fraction of sp³-hybridized carbons (Fsp3) is 0.414. The quantitative estimate of drug-likeness (QED) is 0.155. The summed E-state index contributed by atoms with van der Waals surface area (Å²) in [6, 6.07) is 13.9. The first-order valence-electron chi connectivity index (χ1n) is 13.1. The molecule has 9 heteroatoms. The van der Waals surface area contributed by atoms with E-state index >= 15 is 0 Å². The number of rotatable bonds is 12. The number of halogens is 1. The van der Waals surface area contributed by atoms with Gasteiger partial charge in [0.05, 0.1) is 18.8 Å². The minimum Gasteiger partial charge on any atom is -0.494 e. The second kappa shape index (κ2) is 13.0. The third kappa shape index (κ3) is 6.75. The molecular formula is C29H35FN4O3S. The van der Waals surface area contributed by atoms with Gasteiger partial charge < -0.3 is 14.8 Å². The fourth-order valence-corrected chi connectivity index (χ4v) is 4.88. The Hall–Kier alpha value is -3.33. The lowest BCUT2D eigenvalue weighted by atomic mass is 9.96. The van der Waals surface area contributed by atoms with Crippen LogP contribution in [0.4, 0.5) is 10.3 Å². The van der Waals surface area contributed by atoms with Crippen LogP contribution in [-0.2, 0) is 15.3 Å². The minimum absolute atomic E-state index is 0.259. The van der Waals surface area contributed by atoms with Crippen LogP contribution in [0.3, 0.4) is 0 Å². The molecule has 1 unspecified atom stereocenters. The average molecular weight is 539 g/mol. The smallest absolute Gasteiger partial charge is 0.338 e. The van der Waals surface area contributed by atoms with Crippen LogP contribution in [0.25, 0.3) is 0 Å². The molecule has 3 aromatic rings. The number of hydrogen-bond donors (Lipinski definition) is 1. The van der Waals surface area contributed by atoms with Crippen LogP contribution >= 0.6 is 11.8 Å². The molecule has 1 atom stereocenters. The number of unbranched alkanes of at least 4 members (excludes halogenated alkanes) is 1. The van der Waals surface area contributed by atoms with Crippen molar-refractivity contribution in [1.29, 1.82) is 0 Å². The molecule has 0 saturated carbocycles. The SMILES string of the molecule is CCCCOC(=O)C1=C(C)Nc2nc(SCc3ccccc3F)nn2C1c1ccc(OCCC(C)C)cc1. The van der Waals surface area contributed by atoms with Crippen molar-refractivity contribution in [3.05, 3.63) is 76.7 Å². The summed E-state index contributed by atoms with van der Waals surface area (Å²) in [7, 11) is 0. The van der Waals surface area contributed by atoms with Gasteiger partial charge in [-0.2, -0.15) is 4.98 Å². The molecule has 1 aromatic heterocycles. The summed E-state index contributed by atoms with van der Waals surface area (Å²) < 4.78 is 27.3. The molecule has 2 aromatic carbocycles. The van der Waals surface area contributed by atoms with Crippen LogP contribution in [0, 0.1) is 11.7 Å². The molecule has 0 amide bonds. The third-order valence-corrected chi connectivity index (χ3v) is 7.14. The molecule has 1 aliphatic rings. The molecule has 0 aliphatic carbocycles. The Morgan fingerprint density at radius 2 is 1.92 bits per heavy atom. The lowest BCUT2D eigenvalue weighted by Gasteiger charge is -2.28. The van der Waals surface area contributed by atoms with Gasteiger partial charge in [0.1, 0.15) is 17.6 Å². The van der Waals surface area contributed by atoms with Crippen LogP contribution in [0.15, 0.2) is 65.0 Å². The van der Waals surface area contributed by atoms with E-state index in [0.29, 0.717) is 52.8 Å². The lowest BCUT2D eigenvalue weighted by molar-refractivity contribution is -0.139. The first-order chi connectivity index (χ1) is 18.4. The van der Waals surface area contributed by atoms with Gasteiger partial charge in [0, 0.05) is 11.4 Å². The summed E-state index contributed by atoms with van der Waals surface area (Å²) in [5.74, 6) is 1.61. The maximum atomic E-state index is 14.1. The molecule has 38 heavy (non-hydrogen) atoms. The number of allylic oxidation sites excluding steroid dienone is 1. The molecule has 0 radical (unpaired) electrons. The number of carbonyl (C=O) groups is 1. The normalized spacial score (nSPS) is 14.8. The van der Waals surface area contributed by atoms with Crippen molar-refractivity contribution >= 4 is 23.7 Å². The standard InChI is InChI=1S/C29H35FN4O3S/c1-5-6-16-37-27(35)25-20(4)31-28-32-29(38-18-22-9-7-8-10-24(22)30)33-34(28)26(25)21-11-13-23(14-12-21)36-17-15-19(2)3/h7-14,19,26H,5-6,15-18H2,1-4H3,(H,31,32,33). The highest BCUT2D eigenvalue weighted by Gasteiger charge is 2.35. The van der Waals surface area contributed by atoms with E-state index < -0.39 is 6.04 Å². The van der Waals surface area contributed by atoms with Crippen LogP contribution in [-0.4, -0.2) is 33.9 Å². The van der Waals surface area contributed by atoms with Gasteiger partial charge in [-0.25, -0.2) is 13.9 Å². The van der Waals surface area contributed by atoms with Crippen molar-refractivity contribution < 1.29 is 18.7 Å². The summed E-state index contributed by atoms with van der Waals surface area (Å²) in [6.45, 7) is 9.23. The lowest BCUT2D eigenvalue weighted by Crippen LogP contribution is -2.29. The molecule has 0 fully saturated rings. The van der Waals surface area contributed by atoms with Crippen molar-refractivity contribution in [3.63, 3.8) is 0 Å². The molecule has 0 spiro atoms. The molecule has 7 nitrogen and oxygen atoms in total. The van der Waals surface area contributed by atoms with Gasteiger partial charge in [-0.15, -0.1) is 5.10 Å². The van der Waals surface area contributed by atoms with E-state index in [1.54, 1.807) is 16.8 Å². The summed E-state index contributed by atoms with van der Waals surface area (Å²) in [5, 5.41) is 8.42. The number of hydrogen-bond acceptors (Lipinski definition) is 7. The van der Waals surface area contributed by atoms with Crippen LogP contribution < -0.4 is 10.1 Å². The number of ether oxygens (including phenoxy) is 2. The van der Waals surface area contributed by atoms with Crippen molar-refractivity contribution in [2.45, 2.75) is 63.9 Å². The number of esters is 1. The molecule has 1 aliphatic heterocycles. The van der Waals surface area contributed by atoms with E-state index in [-0.39, 0.29) is 11.8 Å². The highest BCUT2D eigenvalue weighted by atomic mass is 32.2. The maximum absolute atomic E-state index is 14.1. The zero-order chi connectivity index (χ0) is 27.1. The van der Waals surface area contributed by atoms with Crippen molar-refractivity contribution in [1.82, 2.24) is 14.8 Å². The molecule has 0 bridgehead atoms. The zero-order valence-corrected chi connectivity index (χ0v) is 23.2. The van der Waals surface area contributed by atoms with E-state index in [2.05, 4.69) is 31.1 Å². The number of benzene rings is 2. The Kier molecular flexibility index (Phi) is 9.44. The van der Waals surface area contributed by atoms with Gasteiger partial charge in [-0.1, -0.05) is 69.3 Å². The number of aromatic nitrogens is 3.